The van der Waals surface area contributed by atoms with Crippen molar-refractivity contribution in [2.75, 3.05) is 13.2 Å². The molecule has 1 rings (SSSR count). The standard InChI is InChI=1S/C11H20O3S/c1-7(15)9(11(2,3)4)10(12)14-6-8-5-13-8/h7-9,15H,5-6H2,1-4H3. The second kappa shape index (κ2) is 4.74. The van der Waals surface area contributed by atoms with Gasteiger partial charge in [-0.3, -0.25) is 4.79 Å². The summed E-state index contributed by atoms with van der Waals surface area (Å²) in [6, 6.07) is 0. The third-order valence-electron chi connectivity index (χ3n) is 2.48. The van der Waals surface area contributed by atoms with E-state index in [1.54, 1.807) is 0 Å². The fraction of sp³-hybridized carbons (Fsp3) is 0.909. The lowest BCUT2D eigenvalue weighted by Crippen LogP contribution is -2.36. The van der Waals surface area contributed by atoms with Crippen LogP contribution in [0.15, 0.2) is 0 Å². The van der Waals surface area contributed by atoms with E-state index < -0.39 is 0 Å². The Bertz CT molecular complexity index is 228. The molecule has 0 aromatic heterocycles. The fourth-order valence-electron chi connectivity index (χ4n) is 1.70. The highest BCUT2D eigenvalue weighted by molar-refractivity contribution is 7.81. The smallest absolute Gasteiger partial charge is 0.310 e. The molecule has 0 aromatic rings. The number of rotatable bonds is 4. The van der Waals surface area contributed by atoms with Gasteiger partial charge in [-0.15, -0.1) is 0 Å². The molecule has 3 atom stereocenters. The van der Waals surface area contributed by atoms with E-state index in [-0.39, 0.29) is 28.7 Å². The zero-order chi connectivity index (χ0) is 11.6. The molecule has 0 spiro atoms. The zero-order valence-electron chi connectivity index (χ0n) is 9.82. The molecule has 1 aliphatic heterocycles. The number of ether oxygens (including phenoxy) is 2. The summed E-state index contributed by atoms with van der Waals surface area (Å²) in [5.74, 6) is -0.347. The van der Waals surface area contributed by atoms with Gasteiger partial charge in [0.25, 0.3) is 0 Å². The molecule has 88 valence electrons. The van der Waals surface area contributed by atoms with E-state index in [1.807, 2.05) is 27.7 Å². The Balaban J connectivity index is 2.50. The second-order valence-corrected chi connectivity index (χ2v) is 5.98. The van der Waals surface area contributed by atoms with Crippen molar-refractivity contribution in [3.8, 4) is 0 Å². The lowest BCUT2D eigenvalue weighted by molar-refractivity contribution is -0.152. The van der Waals surface area contributed by atoms with Crippen LogP contribution in [0.25, 0.3) is 0 Å². The summed E-state index contributed by atoms with van der Waals surface area (Å²) in [5, 5.41) is -0.00220. The molecule has 0 amide bonds. The minimum atomic E-state index is -0.181. The van der Waals surface area contributed by atoms with Gasteiger partial charge in [-0.1, -0.05) is 27.7 Å². The molecule has 0 aromatic carbocycles. The van der Waals surface area contributed by atoms with Crippen molar-refractivity contribution in [3.63, 3.8) is 0 Å². The molecule has 1 fully saturated rings. The molecule has 0 saturated carbocycles. The quantitative estimate of drug-likeness (QED) is 0.457. The molecular formula is C11H20O3S. The largest absolute Gasteiger partial charge is 0.463 e. The monoisotopic (exact) mass is 232 g/mol. The van der Waals surface area contributed by atoms with E-state index in [9.17, 15) is 4.79 Å². The van der Waals surface area contributed by atoms with E-state index in [4.69, 9.17) is 9.47 Å². The minimum Gasteiger partial charge on any atom is -0.463 e. The lowest BCUT2D eigenvalue weighted by Gasteiger charge is -2.31. The van der Waals surface area contributed by atoms with Crippen LogP contribution in [0.2, 0.25) is 0 Å². The van der Waals surface area contributed by atoms with E-state index in [1.165, 1.54) is 0 Å². The van der Waals surface area contributed by atoms with Gasteiger partial charge >= 0.3 is 5.97 Å². The minimum absolute atomic E-state index is 0.00220. The predicted molar refractivity (Wildman–Crippen MR) is 62.1 cm³/mol. The molecule has 0 aliphatic carbocycles. The average molecular weight is 232 g/mol. The third-order valence-corrected chi connectivity index (χ3v) is 2.78. The molecule has 0 N–H and O–H groups in total. The van der Waals surface area contributed by atoms with Gasteiger partial charge in [0.2, 0.25) is 0 Å². The maximum absolute atomic E-state index is 11.8. The summed E-state index contributed by atoms with van der Waals surface area (Å²) in [6.45, 7) is 9.10. The van der Waals surface area contributed by atoms with Crippen LogP contribution in [-0.2, 0) is 14.3 Å². The van der Waals surface area contributed by atoms with Crippen molar-refractivity contribution in [2.24, 2.45) is 11.3 Å². The SMILES string of the molecule is CC(S)C(C(=O)OCC1CO1)C(C)(C)C. The van der Waals surface area contributed by atoms with Crippen LogP contribution in [0.5, 0.6) is 0 Å². The average Bonchev–Trinajstić information content (AvgIpc) is 2.79. The molecule has 1 saturated heterocycles. The molecular weight excluding hydrogens is 212 g/mol. The van der Waals surface area contributed by atoms with Gasteiger partial charge in [0, 0.05) is 5.25 Å². The van der Waals surface area contributed by atoms with Gasteiger partial charge < -0.3 is 9.47 Å². The number of thiol groups is 1. The van der Waals surface area contributed by atoms with Crippen LogP contribution < -0.4 is 0 Å². The molecule has 15 heavy (non-hydrogen) atoms. The highest BCUT2D eigenvalue weighted by Crippen LogP contribution is 2.32. The molecule has 0 bridgehead atoms. The van der Waals surface area contributed by atoms with E-state index in [0.717, 1.165) is 0 Å². The van der Waals surface area contributed by atoms with Crippen LogP contribution in [-0.4, -0.2) is 30.5 Å². The molecule has 3 nitrogen and oxygen atoms in total. The summed E-state index contributed by atoms with van der Waals surface area (Å²) in [7, 11) is 0. The number of carbonyl (C=O) groups is 1. The number of hydrogen-bond acceptors (Lipinski definition) is 4. The highest BCUT2D eigenvalue weighted by Gasteiger charge is 2.36. The highest BCUT2D eigenvalue weighted by atomic mass is 32.1. The molecule has 1 aliphatic rings. The van der Waals surface area contributed by atoms with Gasteiger partial charge in [-0.05, 0) is 5.41 Å². The van der Waals surface area contributed by atoms with Gasteiger partial charge in [-0.2, -0.15) is 12.6 Å². The van der Waals surface area contributed by atoms with Crippen molar-refractivity contribution >= 4 is 18.6 Å². The van der Waals surface area contributed by atoms with E-state index in [2.05, 4.69) is 12.6 Å². The zero-order valence-corrected chi connectivity index (χ0v) is 10.7. The van der Waals surface area contributed by atoms with E-state index >= 15 is 0 Å². The normalized spacial score (nSPS) is 24.5. The maximum atomic E-state index is 11.8. The van der Waals surface area contributed by atoms with Crippen molar-refractivity contribution in [1.29, 1.82) is 0 Å². The van der Waals surface area contributed by atoms with Crippen LogP contribution in [0.1, 0.15) is 27.7 Å². The lowest BCUT2D eigenvalue weighted by atomic mass is 9.79. The number of esters is 1. The maximum Gasteiger partial charge on any atom is 0.310 e. The Hall–Kier alpha value is -0.220. The summed E-state index contributed by atoms with van der Waals surface area (Å²) in [6.07, 6.45) is 0.129. The van der Waals surface area contributed by atoms with Crippen LogP contribution in [0.3, 0.4) is 0 Å². The first kappa shape index (κ1) is 12.8. The van der Waals surface area contributed by atoms with Crippen molar-refractivity contribution in [3.05, 3.63) is 0 Å². The first-order valence-corrected chi connectivity index (χ1v) is 5.80. The molecule has 4 heteroatoms. The Kier molecular flexibility index (Phi) is 4.06. The summed E-state index contributed by atoms with van der Waals surface area (Å²) in [5.41, 5.74) is -0.122. The topological polar surface area (TPSA) is 38.8 Å². The van der Waals surface area contributed by atoms with Crippen molar-refractivity contribution in [1.82, 2.24) is 0 Å². The first-order valence-electron chi connectivity index (χ1n) is 5.28. The van der Waals surface area contributed by atoms with Gasteiger partial charge in [-0.25, -0.2) is 0 Å². The Labute approximate surface area is 96.9 Å². The Morgan fingerprint density at radius 1 is 1.60 bits per heavy atom. The molecule has 0 radical (unpaired) electrons. The van der Waals surface area contributed by atoms with Crippen molar-refractivity contribution < 1.29 is 14.3 Å². The van der Waals surface area contributed by atoms with Crippen molar-refractivity contribution in [2.45, 2.75) is 39.0 Å². The number of epoxide rings is 1. The van der Waals surface area contributed by atoms with Crippen LogP contribution >= 0.6 is 12.6 Å². The predicted octanol–water partition coefficient (Wildman–Crippen LogP) is 1.91. The Morgan fingerprint density at radius 3 is 2.47 bits per heavy atom. The summed E-state index contributed by atoms with van der Waals surface area (Å²) >= 11 is 4.35. The number of hydrogen-bond donors (Lipinski definition) is 1. The van der Waals surface area contributed by atoms with Crippen LogP contribution in [0, 0.1) is 11.3 Å². The molecule has 3 unspecified atom stereocenters. The van der Waals surface area contributed by atoms with E-state index in [0.29, 0.717) is 13.2 Å². The third kappa shape index (κ3) is 4.03. The van der Waals surface area contributed by atoms with Gasteiger partial charge in [0.15, 0.2) is 0 Å². The number of carbonyl (C=O) groups excluding carboxylic acids is 1. The summed E-state index contributed by atoms with van der Waals surface area (Å²) < 4.78 is 10.2. The van der Waals surface area contributed by atoms with Gasteiger partial charge in [0.05, 0.1) is 12.5 Å². The van der Waals surface area contributed by atoms with Gasteiger partial charge in [0.1, 0.15) is 12.7 Å². The first-order chi connectivity index (χ1) is 6.82. The Morgan fingerprint density at radius 2 is 2.13 bits per heavy atom. The second-order valence-electron chi connectivity index (χ2n) is 5.17. The fourth-order valence-corrected chi connectivity index (χ4v) is 2.27. The summed E-state index contributed by atoms with van der Waals surface area (Å²) in [4.78, 5) is 11.8. The molecule has 1 heterocycles. The van der Waals surface area contributed by atoms with Crippen LogP contribution in [0.4, 0.5) is 0 Å².